The first-order chi connectivity index (χ1) is 8.11. The van der Waals surface area contributed by atoms with Gasteiger partial charge >= 0.3 is 0 Å². The molecule has 0 aromatic heterocycles. The van der Waals surface area contributed by atoms with Crippen LogP contribution >= 0.6 is 0 Å². The van der Waals surface area contributed by atoms with Gasteiger partial charge in [-0.2, -0.15) is 0 Å². The molecule has 0 saturated carbocycles. The summed E-state index contributed by atoms with van der Waals surface area (Å²) >= 11 is 0. The third-order valence-electron chi connectivity index (χ3n) is 2.52. The molecule has 0 aliphatic rings. The molecule has 0 bridgehead atoms. The van der Waals surface area contributed by atoms with Gasteiger partial charge in [0.1, 0.15) is 0 Å². The fourth-order valence-electron chi connectivity index (χ4n) is 1.61. The zero-order valence-electron chi connectivity index (χ0n) is 9.78. The van der Waals surface area contributed by atoms with Crippen molar-refractivity contribution in [3.05, 3.63) is 35.1 Å². The van der Waals surface area contributed by atoms with Gasteiger partial charge < -0.3 is 5.32 Å². The smallest absolute Gasteiger partial charge is 0.194 e. The van der Waals surface area contributed by atoms with E-state index >= 15 is 0 Å². The summed E-state index contributed by atoms with van der Waals surface area (Å²) in [6.07, 6.45) is 1.11. The van der Waals surface area contributed by atoms with Gasteiger partial charge in [0.15, 0.2) is 17.5 Å². The lowest BCUT2D eigenvalue weighted by atomic mass is 10.0. The Morgan fingerprint density at radius 1 is 1.24 bits per heavy atom. The van der Waals surface area contributed by atoms with Gasteiger partial charge in [0, 0.05) is 18.0 Å². The first-order valence-electron chi connectivity index (χ1n) is 5.32. The molecule has 1 aromatic rings. The van der Waals surface area contributed by atoms with Crippen molar-refractivity contribution >= 4 is 0 Å². The van der Waals surface area contributed by atoms with Crippen molar-refractivity contribution in [1.29, 1.82) is 0 Å². The number of hydrogen-bond donors (Lipinski definition) is 1. The van der Waals surface area contributed by atoms with E-state index in [1.807, 2.05) is 0 Å². The number of rotatable bonds is 4. The van der Waals surface area contributed by atoms with Crippen LogP contribution in [0.25, 0.3) is 0 Å². The second-order valence-corrected chi connectivity index (χ2v) is 3.57. The lowest BCUT2D eigenvalue weighted by molar-refractivity contribution is 0.425. The third-order valence-corrected chi connectivity index (χ3v) is 2.52. The van der Waals surface area contributed by atoms with Crippen LogP contribution in [0.3, 0.4) is 0 Å². The lowest BCUT2D eigenvalue weighted by Crippen LogP contribution is -2.18. The molecule has 1 atom stereocenters. The van der Waals surface area contributed by atoms with E-state index in [1.165, 1.54) is 6.07 Å². The van der Waals surface area contributed by atoms with E-state index in [1.54, 1.807) is 14.0 Å². The quantitative estimate of drug-likeness (QED) is 0.630. The molecule has 1 N–H and O–H groups in total. The minimum Gasteiger partial charge on any atom is -0.313 e. The Hall–Kier alpha value is -1.47. The van der Waals surface area contributed by atoms with Crippen molar-refractivity contribution in [2.45, 2.75) is 25.8 Å². The van der Waals surface area contributed by atoms with Crippen LogP contribution < -0.4 is 5.32 Å². The molecule has 0 saturated heterocycles. The number of halogens is 3. The molecule has 0 amide bonds. The highest BCUT2D eigenvalue weighted by Gasteiger charge is 2.19. The van der Waals surface area contributed by atoms with Gasteiger partial charge in [-0.1, -0.05) is 6.07 Å². The van der Waals surface area contributed by atoms with Crippen LogP contribution in [0.1, 0.15) is 31.4 Å². The minimum absolute atomic E-state index is 0.129. The van der Waals surface area contributed by atoms with Crippen LogP contribution in [0.4, 0.5) is 13.2 Å². The van der Waals surface area contributed by atoms with Crippen LogP contribution in [-0.4, -0.2) is 7.05 Å². The van der Waals surface area contributed by atoms with E-state index in [0.29, 0.717) is 12.8 Å². The highest BCUT2D eigenvalue weighted by atomic mass is 19.2. The Morgan fingerprint density at radius 3 is 2.53 bits per heavy atom. The van der Waals surface area contributed by atoms with Crippen molar-refractivity contribution in [3.8, 4) is 11.8 Å². The summed E-state index contributed by atoms with van der Waals surface area (Å²) in [7, 11) is 1.64. The SMILES string of the molecule is CC#CCCC(NC)c1ccc(F)c(F)c1F. The molecule has 1 nitrogen and oxygen atoms in total. The van der Waals surface area contributed by atoms with E-state index in [2.05, 4.69) is 17.2 Å². The van der Waals surface area contributed by atoms with Crippen molar-refractivity contribution < 1.29 is 13.2 Å². The van der Waals surface area contributed by atoms with Crippen molar-refractivity contribution in [2.24, 2.45) is 0 Å². The number of nitrogens with one attached hydrogen (secondary N) is 1. The number of hydrogen-bond acceptors (Lipinski definition) is 1. The fourth-order valence-corrected chi connectivity index (χ4v) is 1.61. The summed E-state index contributed by atoms with van der Waals surface area (Å²) in [5.41, 5.74) is 0.129. The fraction of sp³-hybridized carbons (Fsp3) is 0.385. The lowest BCUT2D eigenvalue weighted by Gasteiger charge is -2.16. The predicted molar refractivity (Wildman–Crippen MR) is 60.8 cm³/mol. The van der Waals surface area contributed by atoms with Gasteiger partial charge in [-0.25, -0.2) is 13.2 Å². The Kier molecular flexibility index (Phi) is 5.05. The zero-order chi connectivity index (χ0) is 12.8. The van der Waals surface area contributed by atoms with Crippen LogP contribution in [0.5, 0.6) is 0 Å². The standard InChI is InChI=1S/C13H14F3N/c1-3-4-5-6-11(17-2)9-7-8-10(14)13(16)12(9)15/h7-8,11,17H,5-6H2,1-2H3. The average Bonchev–Trinajstić information content (AvgIpc) is 2.33. The first-order valence-corrected chi connectivity index (χ1v) is 5.32. The largest absolute Gasteiger partial charge is 0.313 e. The zero-order valence-corrected chi connectivity index (χ0v) is 9.78. The maximum atomic E-state index is 13.5. The summed E-state index contributed by atoms with van der Waals surface area (Å²) in [6.45, 7) is 1.71. The van der Waals surface area contributed by atoms with Crippen LogP contribution in [0, 0.1) is 29.3 Å². The molecule has 17 heavy (non-hydrogen) atoms. The summed E-state index contributed by atoms with van der Waals surface area (Å²) in [6, 6.07) is 1.82. The minimum atomic E-state index is -1.43. The normalized spacial score (nSPS) is 11.8. The summed E-state index contributed by atoms with van der Waals surface area (Å²) < 4.78 is 39.4. The molecule has 0 radical (unpaired) electrons. The molecule has 0 aliphatic carbocycles. The van der Waals surface area contributed by atoms with Gasteiger partial charge in [0.25, 0.3) is 0 Å². The van der Waals surface area contributed by atoms with Gasteiger partial charge in [0.05, 0.1) is 0 Å². The molecule has 0 aliphatic heterocycles. The molecule has 0 fully saturated rings. The van der Waals surface area contributed by atoms with Gasteiger partial charge in [0.2, 0.25) is 0 Å². The highest BCUT2D eigenvalue weighted by molar-refractivity contribution is 5.23. The van der Waals surface area contributed by atoms with E-state index in [4.69, 9.17) is 0 Å². The molecule has 0 spiro atoms. The maximum Gasteiger partial charge on any atom is 0.194 e. The molecular formula is C13H14F3N. The average molecular weight is 241 g/mol. The topological polar surface area (TPSA) is 12.0 Å². The van der Waals surface area contributed by atoms with Crippen LogP contribution in [-0.2, 0) is 0 Å². The Bertz CT molecular complexity index is 446. The molecule has 1 aromatic carbocycles. The van der Waals surface area contributed by atoms with Gasteiger partial charge in [-0.15, -0.1) is 11.8 Å². The summed E-state index contributed by atoms with van der Waals surface area (Å²) in [5.74, 6) is 1.85. The van der Waals surface area contributed by atoms with Gasteiger partial charge in [-0.3, -0.25) is 0 Å². The molecule has 1 unspecified atom stereocenters. The maximum absolute atomic E-state index is 13.5. The van der Waals surface area contributed by atoms with Crippen molar-refractivity contribution in [3.63, 3.8) is 0 Å². The molecule has 1 rings (SSSR count). The van der Waals surface area contributed by atoms with E-state index in [0.717, 1.165) is 6.07 Å². The van der Waals surface area contributed by atoms with Crippen molar-refractivity contribution in [1.82, 2.24) is 5.32 Å². The Morgan fingerprint density at radius 2 is 1.94 bits per heavy atom. The molecule has 4 heteroatoms. The van der Waals surface area contributed by atoms with Crippen molar-refractivity contribution in [2.75, 3.05) is 7.05 Å². The monoisotopic (exact) mass is 241 g/mol. The summed E-state index contributed by atoms with van der Waals surface area (Å²) in [4.78, 5) is 0. The second-order valence-electron chi connectivity index (χ2n) is 3.57. The first kappa shape index (κ1) is 13.6. The van der Waals surface area contributed by atoms with Crippen LogP contribution in [0.2, 0.25) is 0 Å². The number of benzene rings is 1. The van der Waals surface area contributed by atoms with Gasteiger partial charge in [-0.05, 0) is 26.5 Å². The van der Waals surface area contributed by atoms with E-state index in [9.17, 15) is 13.2 Å². The Balaban J connectivity index is 2.94. The van der Waals surface area contributed by atoms with E-state index in [-0.39, 0.29) is 11.6 Å². The molecule has 92 valence electrons. The third kappa shape index (κ3) is 3.24. The predicted octanol–water partition coefficient (Wildman–Crippen LogP) is 3.17. The van der Waals surface area contributed by atoms with Crippen LogP contribution in [0.15, 0.2) is 12.1 Å². The second kappa shape index (κ2) is 6.31. The van der Waals surface area contributed by atoms with E-state index < -0.39 is 17.5 Å². The Labute approximate surface area is 99.0 Å². The highest BCUT2D eigenvalue weighted by Crippen LogP contribution is 2.24. The molecular weight excluding hydrogens is 227 g/mol. The summed E-state index contributed by atoms with van der Waals surface area (Å²) in [5, 5.41) is 2.87. The molecule has 0 heterocycles.